The third-order valence-electron chi connectivity index (χ3n) is 2.54. The van der Waals surface area contributed by atoms with Gasteiger partial charge in [-0.3, -0.25) is 0 Å². The highest BCUT2D eigenvalue weighted by Crippen LogP contribution is 2.25. The van der Waals surface area contributed by atoms with Crippen LogP contribution in [-0.4, -0.2) is 16.7 Å². The number of hydrogen-bond donors (Lipinski definition) is 3. The van der Waals surface area contributed by atoms with Crippen LogP contribution in [0, 0.1) is 0 Å². The van der Waals surface area contributed by atoms with Crippen LogP contribution in [0.15, 0.2) is 30.5 Å². The van der Waals surface area contributed by atoms with Crippen LogP contribution in [0.3, 0.4) is 0 Å². The van der Waals surface area contributed by atoms with Crippen molar-refractivity contribution >= 4 is 10.9 Å². The van der Waals surface area contributed by atoms with E-state index in [9.17, 15) is 5.11 Å². The number of nitrogens with two attached hydrogens (primary N) is 1. The van der Waals surface area contributed by atoms with Crippen LogP contribution in [0.5, 0.6) is 0 Å². The Morgan fingerprint density at radius 1 is 1.43 bits per heavy atom. The lowest BCUT2D eigenvalue weighted by Gasteiger charge is -2.23. The summed E-state index contributed by atoms with van der Waals surface area (Å²) in [6.45, 7) is 1.77. The molecular formula is C11H14N2O. The third-order valence-corrected chi connectivity index (χ3v) is 2.54. The highest BCUT2D eigenvalue weighted by molar-refractivity contribution is 5.83. The minimum atomic E-state index is -0.679. The fourth-order valence-electron chi connectivity index (χ4n) is 1.67. The van der Waals surface area contributed by atoms with Crippen molar-refractivity contribution in [2.24, 2.45) is 5.73 Å². The van der Waals surface area contributed by atoms with Crippen molar-refractivity contribution in [3.63, 3.8) is 0 Å². The van der Waals surface area contributed by atoms with Crippen molar-refractivity contribution in [1.29, 1.82) is 0 Å². The molecule has 0 bridgehead atoms. The van der Waals surface area contributed by atoms with Gasteiger partial charge in [-0.05, 0) is 24.6 Å². The summed E-state index contributed by atoms with van der Waals surface area (Å²) in [6.07, 6.45) is 1.88. The first-order valence-electron chi connectivity index (χ1n) is 4.61. The predicted octanol–water partition coefficient (Wildman–Crippen LogP) is 1.33. The van der Waals surface area contributed by atoms with Crippen molar-refractivity contribution in [2.45, 2.75) is 12.5 Å². The summed E-state index contributed by atoms with van der Waals surface area (Å²) in [5.74, 6) is 0. The first-order chi connectivity index (χ1) is 6.65. The van der Waals surface area contributed by atoms with Crippen molar-refractivity contribution in [3.05, 3.63) is 36.0 Å². The highest BCUT2D eigenvalue weighted by atomic mass is 16.3. The molecule has 1 aromatic carbocycles. The number of benzene rings is 1. The fraction of sp³-hybridized carbons (Fsp3) is 0.273. The Balaban J connectivity index is 2.67. The summed E-state index contributed by atoms with van der Waals surface area (Å²) < 4.78 is 0. The van der Waals surface area contributed by atoms with Crippen molar-refractivity contribution < 1.29 is 5.11 Å². The average Bonchev–Trinajstić information content (AvgIpc) is 2.64. The Labute approximate surface area is 82.6 Å². The van der Waals surface area contributed by atoms with Crippen LogP contribution < -0.4 is 5.73 Å². The lowest BCUT2D eigenvalue weighted by atomic mass is 9.91. The molecule has 2 aromatic rings. The maximum atomic E-state index is 9.21. The Bertz CT molecular complexity index is 445. The van der Waals surface area contributed by atoms with Gasteiger partial charge >= 0.3 is 0 Å². The second-order valence-corrected chi connectivity index (χ2v) is 3.82. The lowest BCUT2D eigenvalue weighted by molar-refractivity contribution is 0.211. The molecule has 0 radical (unpaired) electrons. The number of aromatic amines is 1. The average molecular weight is 190 g/mol. The summed E-state index contributed by atoms with van der Waals surface area (Å²) in [6, 6.07) is 7.86. The minimum absolute atomic E-state index is 0.0582. The van der Waals surface area contributed by atoms with Crippen LogP contribution in [0.4, 0.5) is 0 Å². The molecule has 0 amide bonds. The van der Waals surface area contributed by atoms with E-state index < -0.39 is 5.54 Å². The summed E-state index contributed by atoms with van der Waals surface area (Å²) in [5, 5.41) is 10.3. The minimum Gasteiger partial charge on any atom is -0.394 e. The highest BCUT2D eigenvalue weighted by Gasteiger charge is 2.22. The molecule has 4 N–H and O–H groups in total. The number of nitrogens with one attached hydrogen (secondary N) is 1. The van der Waals surface area contributed by atoms with E-state index in [0.717, 1.165) is 16.5 Å². The first-order valence-corrected chi connectivity index (χ1v) is 4.61. The summed E-state index contributed by atoms with van der Waals surface area (Å²) in [5.41, 5.74) is 7.34. The van der Waals surface area contributed by atoms with Crippen LogP contribution in [0.25, 0.3) is 10.9 Å². The van der Waals surface area contributed by atoms with Gasteiger partial charge in [-0.15, -0.1) is 0 Å². The maximum Gasteiger partial charge on any atom is 0.0650 e. The normalized spacial score (nSPS) is 15.6. The molecule has 74 valence electrons. The number of aliphatic hydroxyl groups excluding tert-OH is 1. The van der Waals surface area contributed by atoms with E-state index in [4.69, 9.17) is 5.73 Å². The van der Waals surface area contributed by atoms with Crippen LogP contribution in [-0.2, 0) is 5.54 Å². The Kier molecular flexibility index (Phi) is 2.06. The molecule has 2 rings (SSSR count). The maximum absolute atomic E-state index is 9.21. The zero-order valence-electron chi connectivity index (χ0n) is 8.12. The summed E-state index contributed by atoms with van der Waals surface area (Å²) in [7, 11) is 0. The Hall–Kier alpha value is -1.32. The molecule has 0 aliphatic carbocycles. The molecule has 0 saturated heterocycles. The number of aromatic nitrogens is 1. The van der Waals surface area contributed by atoms with E-state index in [0.29, 0.717) is 0 Å². The second kappa shape index (κ2) is 3.12. The topological polar surface area (TPSA) is 62.0 Å². The molecule has 1 unspecified atom stereocenters. The van der Waals surface area contributed by atoms with Gasteiger partial charge in [0.1, 0.15) is 0 Å². The van der Waals surface area contributed by atoms with Crippen molar-refractivity contribution in [2.75, 3.05) is 6.61 Å². The van der Waals surface area contributed by atoms with Gasteiger partial charge in [-0.25, -0.2) is 0 Å². The van der Waals surface area contributed by atoms with E-state index in [2.05, 4.69) is 4.98 Å². The quantitative estimate of drug-likeness (QED) is 0.669. The van der Waals surface area contributed by atoms with E-state index in [1.165, 1.54) is 0 Å². The smallest absolute Gasteiger partial charge is 0.0650 e. The largest absolute Gasteiger partial charge is 0.394 e. The number of H-pyrrole nitrogens is 1. The molecular weight excluding hydrogens is 176 g/mol. The molecule has 0 aliphatic heterocycles. The molecule has 0 saturated carbocycles. The first kappa shape index (κ1) is 9.24. The van der Waals surface area contributed by atoms with E-state index >= 15 is 0 Å². The molecule has 0 spiro atoms. The van der Waals surface area contributed by atoms with Crippen molar-refractivity contribution in [1.82, 2.24) is 4.98 Å². The number of aliphatic hydroxyl groups is 1. The number of hydrogen-bond acceptors (Lipinski definition) is 2. The predicted molar refractivity (Wildman–Crippen MR) is 56.9 cm³/mol. The van der Waals surface area contributed by atoms with Crippen LogP contribution in [0.2, 0.25) is 0 Å². The standard InChI is InChI=1S/C11H14N2O/c1-11(12,7-14)9-3-2-4-10-8(9)5-6-13-10/h2-6,13-14H,7,12H2,1H3. The van der Waals surface area contributed by atoms with Gasteiger partial charge in [0.25, 0.3) is 0 Å². The van der Waals surface area contributed by atoms with Gasteiger partial charge in [0.2, 0.25) is 0 Å². The fourth-order valence-corrected chi connectivity index (χ4v) is 1.67. The van der Waals surface area contributed by atoms with Crippen LogP contribution >= 0.6 is 0 Å². The van der Waals surface area contributed by atoms with Gasteiger partial charge in [0.05, 0.1) is 12.1 Å². The van der Waals surface area contributed by atoms with Gasteiger partial charge in [0.15, 0.2) is 0 Å². The van der Waals surface area contributed by atoms with Gasteiger partial charge in [-0.2, -0.15) is 0 Å². The molecule has 0 fully saturated rings. The molecule has 1 atom stereocenters. The van der Waals surface area contributed by atoms with E-state index in [-0.39, 0.29) is 6.61 Å². The Morgan fingerprint density at radius 3 is 2.93 bits per heavy atom. The summed E-state index contributed by atoms with van der Waals surface area (Å²) in [4.78, 5) is 3.12. The van der Waals surface area contributed by atoms with Gasteiger partial charge in [0, 0.05) is 17.1 Å². The Morgan fingerprint density at radius 2 is 2.21 bits per heavy atom. The number of rotatable bonds is 2. The molecule has 3 heteroatoms. The second-order valence-electron chi connectivity index (χ2n) is 3.82. The van der Waals surface area contributed by atoms with Crippen molar-refractivity contribution in [3.8, 4) is 0 Å². The monoisotopic (exact) mass is 190 g/mol. The number of fused-ring (bicyclic) bond motifs is 1. The lowest BCUT2D eigenvalue weighted by Crippen LogP contribution is -2.37. The van der Waals surface area contributed by atoms with Gasteiger partial charge in [-0.1, -0.05) is 12.1 Å². The zero-order chi connectivity index (χ0) is 10.2. The van der Waals surface area contributed by atoms with E-state index in [1.807, 2.05) is 37.4 Å². The molecule has 1 aromatic heterocycles. The summed E-state index contributed by atoms with van der Waals surface area (Å²) >= 11 is 0. The molecule has 1 heterocycles. The molecule has 3 nitrogen and oxygen atoms in total. The van der Waals surface area contributed by atoms with Crippen LogP contribution in [0.1, 0.15) is 12.5 Å². The van der Waals surface area contributed by atoms with E-state index in [1.54, 1.807) is 0 Å². The molecule has 0 aliphatic rings. The van der Waals surface area contributed by atoms with Gasteiger partial charge < -0.3 is 15.8 Å². The molecule has 14 heavy (non-hydrogen) atoms. The third kappa shape index (κ3) is 1.31. The zero-order valence-corrected chi connectivity index (χ0v) is 8.12. The SMILES string of the molecule is CC(N)(CO)c1cccc2[nH]ccc12.